The van der Waals surface area contributed by atoms with Crippen LogP contribution in [0.2, 0.25) is 0 Å². The smallest absolute Gasteiger partial charge is 0.303 e. The summed E-state index contributed by atoms with van der Waals surface area (Å²) in [4.78, 5) is 22.8. The van der Waals surface area contributed by atoms with Crippen LogP contribution in [0.3, 0.4) is 0 Å². The second-order valence-corrected chi connectivity index (χ2v) is 8.95. The summed E-state index contributed by atoms with van der Waals surface area (Å²) in [5.41, 5.74) is 2.04. The van der Waals surface area contributed by atoms with Crippen molar-refractivity contribution in [2.24, 2.45) is 11.8 Å². The number of aliphatic carboxylic acids is 1. The van der Waals surface area contributed by atoms with E-state index < -0.39 is 18.2 Å². The molecular weight excluding hydrogens is 404 g/mol. The van der Waals surface area contributed by atoms with Crippen LogP contribution >= 0.6 is 11.8 Å². The molecule has 1 aliphatic rings. The number of Topliss-reactive ketones (excluding diaryl/α,β-unsaturated/α-hetero) is 1. The van der Waals surface area contributed by atoms with Crippen LogP contribution in [-0.4, -0.2) is 57.9 Å². The highest BCUT2D eigenvalue weighted by Crippen LogP contribution is 2.34. The largest absolute Gasteiger partial charge is 0.481 e. The Balaban J connectivity index is 1.85. The van der Waals surface area contributed by atoms with Gasteiger partial charge in [-0.15, -0.1) is 0 Å². The number of ether oxygens (including phenoxy) is 1. The van der Waals surface area contributed by atoms with Crippen LogP contribution in [-0.2, 0) is 27.4 Å². The fourth-order valence-corrected chi connectivity index (χ4v) is 4.78. The maximum atomic E-state index is 12.3. The average molecular weight is 437 g/mol. The Morgan fingerprint density at radius 3 is 2.83 bits per heavy atom. The van der Waals surface area contributed by atoms with Gasteiger partial charge in [0.2, 0.25) is 0 Å². The van der Waals surface area contributed by atoms with Gasteiger partial charge in [0.1, 0.15) is 5.78 Å². The van der Waals surface area contributed by atoms with Crippen molar-refractivity contribution in [3.8, 4) is 0 Å². The van der Waals surface area contributed by atoms with Crippen molar-refractivity contribution in [1.29, 1.82) is 0 Å². The second kappa shape index (κ2) is 12.9. The van der Waals surface area contributed by atoms with Gasteiger partial charge in [-0.3, -0.25) is 9.59 Å². The summed E-state index contributed by atoms with van der Waals surface area (Å²) in [7, 11) is 1.64. The maximum Gasteiger partial charge on any atom is 0.303 e. The molecular formula is C23H32O6S. The number of hydrogen-bond donors (Lipinski definition) is 3. The molecule has 3 N–H and O–H groups in total. The van der Waals surface area contributed by atoms with Crippen molar-refractivity contribution < 1.29 is 29.6 Å². The first kappa shape index (κ1) is 24.6. The molecule has 1 aromatic rings. The van der Waals surface area contributed by atoms with Gasteiger partial charge in [-0.05, 0) is 35.5 Å². The Bertz CT molecular complexity index is 719. The fourth-order valence-electron chi connectivity index (χ4n) is 3.81. The van der Waals surface area contributed by atoms with Crippen molar-refractivity contribution in [3.63, 3.8) is 0 Å². The number of carbonyl (C=O) groups excluding carboxylic acids is 1. The third-order valence-corrected chi connectivity index (χ3v) is 6.39. The summed E-state index contributed by atoms with van der Waals surface area (Å²) < 4.78 is 5.14. The lowest BCUT2D eigenvalue weighted by Gasteiger charge is -2.18. The first-order valence-electron chi connectivity index (χ1n) is 10.3. The van der Waals surface area contributed by atoms with E-state index in [9.17, 15) is 19.8 Å². The molecule has 0 bridgehead atoms. The monoisotopic (exact) mass is 436 g/mol. The molecule has 0 radical (unpaired) electrons. The zero-order valence-corrected chi connectivity index (χ0v) is 18.2. The Hall–Kier alpha value is -1.67. The highest BCUT2D eigenvalue weighted by molar-refractivity contribution is 7.99. The van der Waals surface area contributed by atoms with Gasteiger partial charge in [-0.2, -0.15) is 11.8 Å². The Kier molecular flexibility index (Phi) is 10.6. The zero-order valence-electron chi connectivity index (χ0n) is 17.4. The minimum atomic E-state index is -0.793. The van der Waals surface area contributed by atoms with Crippen LogP contribution in [0.4, 0.5) is 0 Å². The van der Waals surface area contributed by atoms with E-state index in [-0.39, 0.29) is 30.5 Å². The van der Waals surface area contributed by atoms with Crippen molar-refractivity contribution in [3.05, 3.63) is 47.5 Å². The van der Waals surface area contributed by atoms with E-state index in [0.717, 1.165) is 22.6 Å². The fraction of sp³-hybridized carbons (Fsp3) is 0.565. The SMILES string of the molecule is COCc1cccc(CC(O)C=C[C@@H]2[C@H](O)CC(=O)[C@@H]2CCSCCCC(=O)O)c1. The predicted molar refractivity (Wildman–Crippen MR) is 117 cm³/mol. The summed E-state index contributed by atoms with van der Waals surface area (Å²) in [5, 5.41) is 29.4. The minimum Gasteiger partial charge on any atom is -0.481 e. The molecule has 7 heteroatoms. The number of methoxy groups -OCH3 is 1. The highest BCUT2D eigenvalue weighted by atomic mass is 32.2. The Morgan fingerprint density at radius 2 is 2.10 bits per heavy atom. The minimum absolute atomic E-state index is 0.0602. The molecule has 1 saturated carbocycles. The van der Waals surface area contributed by atoms with Crippen LogP contribution in [0.25, 0.3) is 0 Å². The molecule has 166 valence electrons. The first-order valence-corrected chi connectivity index (χ1v) is 11.5. The molecule has 2 rings (SSSR count). The van der Waals surface area contributed by atoms with Crippen LogP contribution in [0.5, 0.6) is 0 Å². The lowest BCUT2D eigenvalue weighted by molar-refractivity contribution is -0.137. The lowest BCUT2D eigenvalue weighted by atomic mass is 9.91. The van der Waals surface area contributed by atoms with Gasteiger partial charge in [0.25, 0.3) is 0 Å². The normalized spacial score (nSPS) is 22.6. The summed E-state index contributed by atoms with van der Waals surface area (Å²) >= 11 is 1.64. The van der Waals surface area contributed by atoms with Crippen molar-refractivity contribution in [2.45, 2.75) is 50.9 Å². The standard InChI is InChI=1S/C23H32O6S/c1-29-15-17-5-2-4-16(12-17)13-18(24)7-8-19-20(22(26)14-21(19)25)9-11-30-10-3-6-23(27)28/h2,4-5,7-8,12,18-21,24-25H,3,6,9-11,13-15H2,1H3,(H,27,28)/t18?,19-,20+,21+/m0/s1. The first-order chi connectivity index (χ1) is 14.4. The number of benzene rings is 1. The summed E-state index contributed by atoms with van der Waals surface area (Å²) in [5.74, 6) is 0.231. The average Bonchev–Trinajstić information content (AvgIpc) is 2.95. The van der Waals surface area contributed by atoms with Crippen LogP contribution < -0.4 is 0 Å². The zero-order chi connectivity index (χ0) is 21.9. The molecule has 6 nitrogen and oxygen atoms in total. The van der Waals surface area contributed by atoms with E-state index in [2.05, 4.69) is 0 Å². The molecule has 1 aromatic carbocycles. The number of carboxylic acid groups (broad SMARTS) is 1. The van der Waals surface area contributed by atoms with Gasteiger partial charge in [-0.1, -0.05) is 36.4 Å². The topological polar surface area (TPSA) is 104 Å². The molecule has 0 saturated heterocycles. The number of carbonyl (C=O) groups is 2. The molecule has 1 aliphatic carbocycles. The molecule has 30 heavy (non-hydrogen) atoms. The van der Waals surface area contributed by atoms with Gasteiger partial charge in [0, 0.05) is 38.2 Å². The highest BCUT2D eigenvalue weighted by Gasteiger charge is 2.39. The van der Waals surface area contributed by atoms with E-state index in [0.29, 0.717) is 25.9 Å². The van der Waals surface area contributed by atoms with E-state index in [1.807, 2.05) is 24.3 Å². The number of hydrogen-bond acceptors (Lipinski definition) is 6. The summed E-state index contributed by atoms with van der Waals surface area (Å²) in [6.07, 6.45) is 4.09. The van der Waals surface area contributed by atoms with Gasteiger partial charge in [0.15, 0.2) is 0 Å². The third-order valence-electron chi connectivity index (χ3n) is 5.29. The van der Waals surface area contributed by atoms with E-state index >= 15 is 0 Å². The number of carboxylic acids is 1. The molecule has 0 amide bonds. The molecule has 1 fully saturated rings. The van der Waals surface area contributed by atoms with Crippen LogP contribution in [0, 0.1) is 11.8 Å². The van der Waals surface area contributed by atoms with Gasteiger partial charge in [0.05, 0.1) is 18.8 Å². The number of rotatable bonds is 13. The van der Waals surface area contributed by atoms with Crippen molar-refractivity contribution in [2.75, 3.05) is 18.6 Å². The van der Waals surface area contributed by atoms with Gasteiger partial charge >= 0.3 is 5.97 Å². The maximum absolute atomic E-state index is 12.3. The molecule has 0 spiro atoms. The van der Waals surface area contributed by atoms with E-state index in [1.165, 1.54) is 0 Å². The number of aliphatic hydroxyl groups is 2. The lowest BCUT2D eigenvalue weighted by Crippen LogP contribution is -2.20. The van der Waals surface area contributed by atoms with Crippen molar-refractivity contribution >= 4 is 23.5 Å². The molecule has 4 atom stereocenters. The molecule has 0 heterocycles. The Labute approximate surface area is 182 Å². The second-order valence-electron chi connectivity index (χ2n) is 7.73. The number of aliphatic hydroxyl groups excluding tert-OH is 2. The van der Waals surface area contributed by atoms with Gasteiger partial charge < -0.3 is 20.1 Å². The predicted octanol–water partition coefficient (Wildman–Crippen LogP) is 2.85. The summed E-state index contributed by atoms with van der Waals surface area (Å²) in [6, 6.07) is 7.86. The quantitative estimate of drug-likeness (QED) is 0.323. The van der Waals surface area contributed by atoms with E-state index in [4.69, 9.17) is 9.84 Å². The number of thioether (sulfide) groups is 1. The number of ketones is 1. The van der Waals surface area contributed by atoms with Gasteiger partial charge in [-0.25, -0.2) is 0 Å². The third kappa shape index (κ3) is 8.22. The summed E-state index contributed by atoms with van der Waals surface area (Å²) in [6.45, 7) is 0.520. The van der Waals surface area contributed by atoms with E-state index in [1.54, 1.807) is 31.0 Å². The van der Waals surface area contributed by atoms with Crippen LogP contribution in [0.1, 0.15) is 36.8 Å². The van der Waals surface area contributed by atoms with Crippen molar-refractivity contribution in [1.82, 2.24) is 0 Å². The molecule has 0 aliphatic heterocycles. The Morgan fingerprint density at radius 1 is 1.33 bits per heavy atom. The van der Waals surface area contributed by atoms with Crippen LogP contribution in [0.15, 0.2) is 36.4 Å². The molecule has 1 unspecified atom stereocenters. The molecule has 0 aromatic heterocycles.